The first-order chi connectivity index (χ1) is 6.59. The summed E-state index contributed by atoms with van der Waals surface area (Å²) >= 11 is 0. The molecule has 0 aromatic carbocycles. The number of carbonyl (C=O) groups excluding carboxylic acids is 1. The zero-order chi connectivity index (χ0) is 10.7. The molecule has 80 valence electrons. The number of Topliss-reactive ketones (excluding diaryl/α,β-unsaturated/α-hetero) is 1. The van der Waals surface area contributed by atoms with Crippen LogP contribution in [0.4, 0.5) is 0 Å². The fourth-order valence-electron chi connectivity index (χ4n) is 2.17. The van der Waals surface area contributed by atoms with Crippen LogP contribution >= 0.6 is 0 Å². The van der Waals surface area contributed by atoms with Gasteiger partial charge in [-0.25, -0.2) is 0 Å². The molecular weight excluding hydrogens is 182 g/mol. The Morgan fingerprint density at radius 1 is 1.43 bits per heavy atom. The molecule has 0 aromatic rings. The smallest absolute Gasteiger partial charge is 0.227 e. The van der Waals surface area contributed by atoms with Gasteiger partial charge in [0, 0.05) is 10.8 Å². The molecule has 0 heterocycles. The Morgan fingerprint density at radius 2 is 2.07 bits per heavy atom. The summed E-state index contributed by atoms with van der Waals surface area (Å²) in [6.07, 6.45) is 4.06. The molecule has 4 nitrogen and oxygen atoms in total. The highest BCUT2D eigenvalue weighted by atomic mass is 16.6. The number of hydrogen-bond donors (Lipinski definition) is 0. The van der Waals surface area contributed by atoms with Crippen molar-refractivity contribution in [3.05, 3.63) is 10.1 Å². The normalized spacial score (nSPS) is 30.0. The SMILES string of the molecule is CCCCC[C@H]1[C@H](C(C)=O)[C@H]1[N+](=O)[O-]. The first kappa shape index (κ1) is 11.1. The second-order valence-corrected chi connectivity index (χ2v) is 4.07. The first-order valence-corrected chi connectivity index (χ1v) is 5.23. The van der Waals surface area contributed by atoms with Gasteiger partial charge in [0.15, 0.2) is 0 Å². The van der Waals surface area contributed by atoms with Crippen molar-refractivity contribution in [2.75, 3.05) is 0 Å². The lowest BCUT2D eigenvalue weighted by atomic mass is 10.1. The standard InChI is InChI=1S/C10H17NO3/c1-3-4-5-6-8-9(7(2)12)10(8)11(13)14/h8-10H,3-6H2,1-2H3/t8-,9-,10-/m0/s1. The van der Waals surface area contributed by atoms with Crippen LogP contribution in [0.5, 0.6) is 0 Å². The molecule has 3 atom stereocenters. The van der Waals surface area contributed by atoms with Crippen LogP contribution in [0.3, 0.4) is 0 Å². The second kappa shape index (κ2) is 4.53. The van der Waals surface area contributed by atoms with E-state index in [1.807, 2.05) is 0 Å². The van der Waals surface area contributed by atoms with E-state index < -0.39 is 6.04 Å². The minimum atomic E-state index is -0.579. The lowest BCUT2D eigenvalue weighted by molar-refractivity contribution is -0.500. The van der Waals surface area contributed by atoms with E-state index in [0.29, 0.717) is 0 Å². The number of nitrogens with zero attached hydrogens (tertiary/aromatic N) is 1. The van der Waals surface area contributed by atoms with Crippen LogP contribution in [0.25, 0.3) is 0 Å². The maximum atomic E-state index is 11.1. The topological polar surface area (TPSA) is 60.2 Å². The van der Waals surface area contributed by atoms with Crippen LogP contribution in [0.1, 0.15) is 39.5 Å². The number of nitro groups is 1. The molecule has 0 bridgehead atoms. The van der Waals surface area contributed by atoms with Gasteiger partial charge in [0.2, 0.25) is 6.04 Å². The summed E-state index contributed by atoms with van der Waals surface area (Å²) in [7, 11) is 0. The van der Waals surface area contributed by atoms with Crippen molar-refractivity contribution in [2.24, 2.45) is 11.8 Å². The highest BCUT2D eigenvalue weighted by Gasteiger charge is 2.61. The molecule has 0 aliphatic heterocycles. The molecule has 0 unspecified atom stereocenters. The van der Waals surface area contributed by atoms with Gasteiger partial charge in [0.05, 0.1) is 5.92 Å². The molecule has 1 saturated carbocycles. The minimum absolute atomic E-state index is 0.0202. The monoisotopic (exact) mass is 199 g/mol. The summed E-state index contributed by atoms with van der Waals surface area (Å²) in [5.74, 6) is -0.288. The predicted octanol–water partition coefficient (Wildman–Crippen LogP) is 2.05. The molecule has 0 saturated heterocycles. The van der Waals surface area contributed by atoms with Crippen molar-refractivity contribution < 1.29 is 9.72 Å². The van der Waals surface area contributed by atoms with Crippen LogP contribution in [0.15, 0.2) is 0 Å². The van der Waals surface area contributed by atoms with E-state index in [-0.39, 0.29) is 22.5 Å². The van der Waals surface area contributed by atoms with E-state index in [1.165, 1.54) is 6.92 Å². The highest BCUT2D eigenvalue weighted by molar-refractivity contribution is 5.82. The van der Waals surface area contributed by atoms with Gasteiger partial charge < -0.3 is 0 Å². The van der Waals surface area contributed by atoms with Gasteiger partial charge in [-0.3, -0.25) is 14.9 Å². The number of unbranched alkanes of at least 4 members (excludes halogenated alkanes) is 2. The highest BCUT2D eigenvalue weighted by Crippen LogP contribution is 2.45. The summed E-state index contributed by atoms with van der Waals surface area (Å²) in [6.45, 7) is 3.56. The van der Waals surface area contributed by atoms with Crippen LogP contribution < -0.4 is 0 Å². The molecule has 4 heteroatoms. The molecule has 1 fully saturated rings. The van der Waals surface area contributed by atoms with E-state index in [2.05, 4.69) is 6.92 Å². The minimum Gasteiger partial charge on any atom is -0.299 e. The molecular formula is C10H17NO3. The molecule has 0 amide bonds. The summed E-state index contributed by atoms with van der Waals surface area (Å²) in [5.41, 5.74) is 0. The quantitative estimate of drug-likeness (QED) is 0.373. The van der Waals surface area contributed by atoms with Crippen molar-refractivity contribution in [1.82, 2.24) is 0 Å². The van der Waals surface area contributed by atoms with E-state index in [0.717, 1.165) is 25.7 Å². The van der Waals surface area contributed by atoms with Gasteiger partial charge in [0.1, 0.15) is 5.78 Å². The third kappa shape index (κ3) is 2.30. The molecule has 1 rings (SSSR count). The Bertz CT molecular complexity index is 220. The van der Waals surface area contributed by atoms with Crippen LogP contribution in [0.2, 0.25) is 0 Å². The first-order valence-electron chi connectivity index (χ1n) is 5.23. The Kier molecular flexibility index (Phi) is 3.61. The lowest BCUT2D eigenvalue weighted by Gasteiger charge is -1.94. The third-order valence-electron chi connectivity index (χ3n) is 2.98. The summed E-state index contributed by atoms with van der Waals surface area (Å²) in [6, 6.07) is -0.579. The molecule has 0 aromatic heterocycles. The average molecular weight is 199 g/mol. The Balaban J connectivity index is 2.38. The van der Waals surface area contributed by atoms with Gasteiger partial charge in [-0.2, -0.15) is 0 Å². The van der Waals surface area contributed by atoms with Gasteiger partial charge in [-0.1, -0.05) is 26.2 Å². The van der Waals surface area contributed by atoms with Crippen molar-refractivity contribution in [2.45, 2.75) is 45.6 Å². The van der Waals surface area contributed by atoms with Crippen molar-refractivity contribution in [3.63, 3.8) is 0 Å². The average Bonchev–Trinajstić information content (AvgIpc) is 2.79. The summed E-state index contributed by atoms with van der Waals surface area (Å²) in [5, 5.41) is 10.6. The maximum absolute atomic E-state index is 11.1. The van der Waals surface area contributed by atoms with Crippen LogP contribution in [-0.4, -0.2) is 16.7 Å². The van der Waals surface area contributed by atoms with Crippen LogP contribution in [-0.2, 0) is 4.79 Å². The maximum Gasteiger partial charge on any atom is 0.227 e. The van der Waals surface area contributed by atoms with E-state index in [9.17, 15) is 14.9 Å². The molecule has 0 N–H and O–H groups in total. The fraction of sp³-hybridized carbons (Fsp3) is 0.900. The van der Waals surface area contributed by atoms with Gasteiger partial charge in [-0.15, -0.1) is 0 Å². The lowest BCUT2D eigenvalue weighted by Crippen LogP contribution is -2.08. The van der Waals surface area contributed by atoms with E-state index >= 15 is 0 Å². The second-order valence-electron chi connectivity index (χ2n) is 4.07. The number of ketones is 1. The Labute approximate surface area is 83.8 Å². The van der Waals surface area contributed by atoms with Gasteiger partial charge in [0.25, 0.3) is 0 Å². The zero-order valence-corrected chi connectivity index (χ0v) is 8.73. The third-order valence-corrected chi connectivity index (χ3v) is 2.98. The number of hydrogen-bond acceptors (Lipinski definition) is 3. The van der Waals surface area contributed by atoms with E-state index in [4.69, 9.17) is 0 Å². The molecule has 1 aliphatic rings. The largest absolute Gasteiger partial charge is 0.299 e. The Hall–Kier alpha value is -0.930. The summed E-state index contributed by atoms with van der Waals surface area (Å²) in [4.78, 5) is 21.3. The van der Waals surface area contributed by atoms with Crippen LogP contribution in [0, 0.1) is 22.0 Å². The number of carbonyl (C=O) groups is 1. The Morgan fingerprint density at radius 3 is 2.43 bits per heavy atom. The summed E-state index contributed by atoms with van der Waals surface area (Å²) < 4.78 is 0. The fourth-order valence-corrected chi connectivity index (χ4v) is 2.17. The zero-order valence-electron chi connectivity index (χ0n) is 8.73. The van der Waals surface area contributed by atoms with E-state index in [1.54, 1.807) is 0 Å². The molecule has 0 radical (unpaired) electrons. The molecule has 0 spiro atoms. The van der Waals surface area contributed by atoms with Gasteiger partial charge in [-0.05, 0) is 13.3 Å². The van der Waals surface area contributed by atoms with Gasteiger partial charge >= 0.3 is 0 Å². The van der Waals surface area contributed by atoms with Crippen molar-refractivity contribution >= 4 is 5.78 Å². The van der Waals surface area contributed by atoms with Crippen molar-refractivity contribution in [3.8, 4) is 0 Å². The molecule has 1 aliphatic carbocycles. The van der Waals surface area contributed by atoms with Crippen molar-refractivity contribution in [1.29, 1.82) is 0 Å². The molecule has 14 heavy (non-hydrogen) atoms. The predicted molar refractivity (Wildman–Crippen MR) is 52.6 cm³/mol. The number of rotatable bonds is 6.